The first-order valence-corrected chi connectivity index (χ1v) is 13.1. The van der Waals surface area contributed by atoms with E-state index in [9.17, 15) is 8.42 Å². The normalized spacial score (nSPS) is 19.6. The van der Waals surface area contributed by atoms with Crippen molar-refractivity contribution in [1.82, 2.24) is 24.3 Å². The van der Waals surface area contributed by atoms with Crippen LogP contribution >= 0.6 is 15.9 Å². The van der Waals surface area contributed by atoms with Gasteiger partial charge in [-0.3, -0.25) is 4.90 Å². The largest absolute Gasteiger partial charge is 0.419 e. The summed E-state index contributed by atoms with van der Waals surface area (Å²) in [5.41, 5.74) is 2.00. The van der Waals surface area contributed by atoms with Crippen LogP contribution in [0.5, 0.6) is 0 Å². The monoisotopic (exact) mass is 545 g/mol. The number of halogens is 1. The minimum absolute atomic E-state index is 0.136. The highest BCUT2D eigenvalue weighted by molar-refractivity contribution is 9.10. The van der Waals surface area contributed by atoms with Gasteiger partial charge in [0.15, 0.2) is 0 Å². The van der Waals surface area contributed by atoms with E-state index in [2.05, 4.69) is 36.1 Å². The summed E-state index contributed by atoms with van der Waals surface area (Å²) in [5.74, 6) is 0.798. The predicted octanol–water partition coefficient (Wildman–Crippen LogP) is 4.00. The van der Waals surface area contributed by atoms with Crippen molar-refractivity contribution in [3.8, 4) is 11.5 Å². The molecule has 0 amide bonds. The number of ether oxygens (including phenoxy) is 1. The Labute approximate surface area is 205 Å². The Balaban J connectivity index is 1.50. The van der Waals surface area contributed by atoms with Gasteiger partial charge in [-0.2, -0.15) is 17.6 Å². The van der Waals surface area contributed by atoms with Crippen LogP contribution in [0.2, 0.25) is 0 Å². The molecule has 3 heterocycles. The predicted molar refractivity (Wildman–Crippen MR) is 130 cm³/mol. The van der Waals surface area contributed by atoms with Crippen LogP contribution in [0.25, 0.3) is 22.4 Å². The summed E-state index contributed by atoms with van der Waals surface area (Å²) >= 11 is 3.48. The Bertz CT molecular complexity index is 1440. The van der Waals surface area contributed by atoms with E-state index in [4.69, 9.17) is 9.15 Å². The van der Waals surface area contributed by atoms with Crippen molar-refractivity contribution in [1.29, 1.82) is 0 Å². The van der Waals surface area contributed by atoms with Crippen LogP contribution in [-0.4, -0.2) is 58.0 Å². The Hall–Kier alpha value is -2.60. The van der Waals surface area contributed by atoms with E-state index >= 15 is 0 Å². The molecule has 178 valence electrons. The smallest absolute Gasteiger partial charge is 0.283 e. The van der Waals surface area contributed by atoms with E-state index in [1.54, 1.807) is 30.3 Å². The van der Waals surface area contributed by atoms with Crippen molar-refractivity contribution in [3.63, 3.8) is 0 Å². The van der Waals surface area contributed by atoms with Gasteiger partial charge in [-0.05, 0) is 45.0 Å². The van der Waals surface area contributed by atoms with E-state index in [1.165, 1.54) is 6.20 Å². The quantitative estimate of drug-likeness (QED) is 0.370. The van der Waals surface area contributed by atoms with Crippen LogP contribution in [0.3, 0.4) is 0 Å². The van der Waals surface area contributed by atoms with Crippen molar-refractivity contribution in [3.05, 3.63) is 58.5 Å². The van der Waals surface area contributed by atoms with Gasteiger partial charge < -0.3 is 9.15 Å². The number of nitrogens with zero attached hydrogens (tertiary/aromatic N) is 5. The van der Waals surface area contributed by atoms with Crippen molar-refractivity contribution < 1.29 is 17.6 Å². The maximum Gasteiger partial charge on any atom is 0.283 e. The number of aryl methyl sites for hydroxylation is 1. The number of benzene rings is 2. The van der Waals surface area contributed by atoms with Gasteiger partial charge in [0.05, 0.1) is 40.9 Å². The van der Waals surface area contributed by atoms with Gasteiger partial charge in [0.25, 0.3) is 10.0 Å². The fourth-order valence-corrected chi connectivity index (χ4v) is 5.99. The number of rotatable bonds is 5. The van der Waals surface area contributed by atoms with Gasteiger partial charge in [-0.1, -0.05) is 33.6 Å². The summed E-state index contributed by atoms with van der Waals surface area (Å²) in [6.45, 7) is 8.08. The summed E-state index contributed by atoms with van der Waals surface area (Å²) in [5, 5.41) is 13.3. The molecule has 0 bridgehead atoms. The fraction of sp³-hybridized carbons (Fsp3) is 0.348. The molecular weight excluding hydrogens is 522 g/mol. The zero-order valence-corrected chi connectivity index (χ0v) is 21.4. The summed E-state index contributed by atoms with van der Waals surface area (Å²) in [7, 11) is -3.88. The molecule has 1 aliphatic heterocycles. The molecule has 1 aliphatic rings. The van der Waals surface area contributed by atoms with Crippen molar-refractivity contribution in [2.45, 2.75) is 44.4 Å². The van der Waals surface area contributed by atoms with Crippen molar-refractivity contribution in [2.24, 2.45) is 0 Å². The third-order valence-corrected chi connectivity index (χ3v) is 7.79. The lowest BCUT2D eigenvalue weighted by molar-refractivity contribution is -0.0721. The Morgan fingerprint density at radius 1 is 1.09 bits per heavy atom. The molecule has 2 atom stereocenters. The second kappa shape index (κ2) is 8.88. The molecule has 34 heavy (non-hydrogen) atoms. The minimum atomic E-state index is -3.88. The first kappa shape index (κ1) is 23.2. The van der Waals surface area contributed by atoms with E-state index in [0.717, 1.165) is 22.7 Å². The second-order valence-electron chi connectivity index (χ2n) is 8.64. The molecule has 1 fully saturated rings. The average molecular weight is 546 g/mol. The molecule has 2 aromatic carbocycles. The summed E-state index contributed by atoms with van der Waals surface area (Å²) in [4.78, 5) is 2.39. The summed E-state index contributed by atoms with van der Waals surface area (Å²) < 4.78 is 40.0. The highest BCUT2D eigenvalue weighted by Gasteiger charge is 2.26. The molecule has 4 aromatic rings. The minimum Gasteiger partial charge on any atom is -0.419 e. The van der Waals surface area contributed by atoms with Crippen LogP contribution < -0.4 is 0 Å². The Morgan fingerprint density at radius 2 is 1.79 bits per heavy atom. The lowest BCUT2D eigenvalue weighted by Gasteiger charge is -2.34. The molecule has 0 saturated carbocycles. The molecule has 0 spiro atoms. The van der Waals surface area contributed by atoms with E-state index < -0.39 is 10.0 Å². The van der Waals surface area contributed by atoms with E-state index in [1.807, 2.05) is 26.8 Å². The molecule has 2 aromatic heterocycles. The Morgan fingerprint density at radius 3 is 2.50 bits per heavy atom. The third kappa shape index (κ3) is 4.40. The van der Waals surface area contributed by atoms with Crippen LogP contribution in [0, 0.1) is 6.92 Å². The van der Waals surface area contributed by atoms with Gasteiger partial charge in [0.2, 0.25) is 11.8 Å². The van der Waals surface area contributed by atoms with Crippen LogP contribution in [0.15, 0.2) is 56.4 Å². The molecule has 11 heteroatoms. The molecule has 0 radical (unpaired) electrons. The first-order valence-electron chi connectivity index (χ1n) is 10.9. The van der Waals surface area contributed by atoms with Gasteiger partial charge >= 0.3 is 0 Å². The molecule has 9 nitrogen and oxygen atoms in total. The summed E-state index contributed by atoms with van der Waals surface area (Å²) in [6, 6.07) is 10.2. The van der Waals surface area contributed by atoms with Crippen molar-refractivity contribution >= 4 is 36.9 Å². The number of morpholine rings is 1. The summed E-state index contributed by atoms with van der Waals surface area (Å²) in [6.07, 6.45) is 1.78. The van der Waals surface area contributed by atoms with Gasteiger partial charge in [-0.15, -0.1) is 10.2 Å². The lowest BCUT2D eigenvalue weighted by atomic mass is 10.1. The zero-order chi connectivity index (χ0) is 24.0. The standard InChI is InChI=1S/C23H24BrN5O4S/c1-14-4-6-18(7-5-14)34(30,31)29-21-9-17(24)8-19(20(21)10-25-29)23-27-26-22(33-23)13-28-11-15(2)32-16(3)12-28/h4-10,15-16H,11-13H2,1-3H3/t15-,16+. The third-order valence-electron chi connectivity index (χ3n) is 5.72. The fourth-order valence-electron chi connectivity index (χ4n) is 4.28. The van der Waals surface area contributed by atoms with Crippen molar-refractivity contribution in [2.75, 3.05) is 13.1 Å². The van der Waals surface area contributed by atoms with Crippen LogP contribution in [0.1, 0.15) is 25.3 Å². The highest BCUT2D eigenvalue weighted by atomic mass is 79.9. The van der Waals surface area contributed by atoms with Gasteiger partial charge in [0, 0.05) is 22.9 Å². The zero-order valence-electron chi connectivity index (χ0n) is 19.0. The second-order valence-corrected chi connectivity index (χ2v) is 11.3. The molecule has 0 aliphatic carbocycles. The molecular formula is C23H24BrN5O4S. The SMILES string of the molecule is Cc1ccc(S(=O)(=O)n2ncc3c(-c4nnc(CN5C[C@@H](C)O[C@@H](C)C5)o4)cc(Br)cc32)cc1. The highest BCUT2D eigenvalue weighted by Crippen LogP contribution is 2.33. The number of aromatic nitrogens is 4. The molecule has 1 saturated heterocycles. The van der Waals surface area contributed by atoms with Gasteiger partial charge in [0.1, 0.15) is 0 Å². The lowest BCUT2D eigenvalue weighted by Crippen LogP contribution is -2.44. The molecule has 0 N–H and O–H groups in total. The first-order chi connectivity index (χ1) is 16.2. The maximum atomic E-state index is 13.3. The number of hydrogen-bond acceptors (Lipinski definition) is 8. The molecule has 5 rings (SSSR count). The van der Waals surface area contributed by atoms with E-state index in [-0.39, 0.29) is 17.1 Å². The van der Waals surface area contributed by atoms with Crippen LogP contribution in [0.4, 0.5) is 0 Å². The topological polar surface area (TPSA) is 103 Å². The van der Waals surface area contributed by atoms with E-state index in [0.29, 0.717) is 39.3 Å². The Kier molecular flexibility index (Phi) is 6.05. The van der Waals surface area contributed by atoms with Crippen LogP contribution in [-0.2, 0) is 21.3 Å². The number of fused-ring (bicyclic) bond motifs is 1. The molecule has 0 unspecified atom stereocenters. The number of hydrogen-bond donors (Lipinski definition) is 0. The van der Waals surface area contributed by atoms with Gasteiger partial charge in [-0.25, -0.2) is 0 Å². The maximum absolute atomic E-state index is 13.3. The average Bonchev–Trinajstić information content (AvgIpc) is 3.40.